The lowest BCUT2D eigenvalue weighted by atomic mass is 10.1. The van der Waals surface area contributed by atoms with Crippen LogP contribution in [0.3, 0.4) is 0 Å². The van der Waals surface area contributed by atoms with E-state index < -0.39 is 0 Å². The minimum absolute atomic E-state index is 0.0383. The molecule has 0 bridgehead atoms. The molecular weight excluding hydrogens is 350 g/mol. The third kappa shape index (κ3) is 4.17. The van der Waals surface area contributed by atoms with Crippen LogP contribution in [0.5, 0.6) is 11.5 Å². The lowest BCUT2D eigenvalue weighted by Crippen LogP contribution is -2.60. The van der Waals surface area contributed by atoms with E-state index in [0.29, 0.717) is 56.4 Å². The van der Waals surface area contributed by atoms with Gasteiger partial charge in [-0.1, -0.05) is 0 Å². The molecule has 8 nitrogen and oxygen atoms in total. The summed E-state index contributed by atoms with van der Waals surface area (Å²) in [7, 11) is 3.10. The van der Waals surface area contributed by atoms with Crippen LogP contribution in [0.2, 0.25) is 0 Å². The highest BCUT2D eigenvalue weighted by molar-refractivity contribution is 5.97. The van der Waals surface area contributed by atoms with Crippen molar-refractivity contribution < 1.29 is 23.8 Å². The Morgan fingerprint density at radius 1 is 1.11 bits per heavy atom. The second kappa shape index (κ2) is 8.58. The number of benzene rings is 1. The van der Waals surface area contributed by atoms with Gasteiger partial charge in [0.1, 0.15) is 17.5 Å². The zero-order valence-electron chi connectivity index (χ0n) is 16.1. The molecule has 148 valence electrons. The minimum atomic E-state index is -0.317. The van der Waals surface area contributed by atoms with Crippen LogP contribution in [0.25, 0.3) is 0 Å². The van der Waals surface area contributed by atoms with Crippen LogP contribution in [0, 0.1) is 0 Å². The number of hydrogen-bond donors (Lipinski definition) is 1. The van der Waals surface area contributed by atoms with Crippen LogP contribution >= 0.6 is 0 Å². The molecule has 0 aromatic heterocycles. The fraction of sp³-hybridized carbons (Fsp3) is 0.579. The fourth-order valence-corrected chi connectivity index (χ4v) is 3.48. The Morgan fingerprint density at radius 2 is 1.81 bits per heavy atom. The lowest BCUT2D eigenvalue weighted by Gasteiger charge is -2.38. The predicted octanol–water partition coefficient (Wildman–Crippen LogP) is 0.365. The lowest BCUT2D eigenvalue weighted by molar-refractivity contribution is -0.140. The number of methoxy groups -OCH3 is 2. The number of amides is 2. The Hall–Kier alpha value is -2.32. The monoisotopic (exact) mass is 377 g/mol. The van der Waals surface area contributed by atoms with Gasteiger partial charge in [0, 0.05) is 38.8 Å². The smallest absolute Gasteiger partial charge is 0.257 e. The third-order valence-corrected chi connectivity index (χ3v) is 5.10. The van der Waals surface area contributed by atoms with Crippen molar-refractivity contribution in [3.63, 3.8) is 0 Å². The Balaban J connectivity index is 1.62. The first-order chi connectivity index (χ1) is 13.0. The van der Waals surface area contributed by atoms with Gasteiger partial charge < -0.3 is 29.3 Å². The highest BCUT2D eigenvalue weighted by Gasteiger charge is 2.34. The molecule has 1 aromatic carbocycles. The Bertz CT molecular complexity index is 688. The number of hydrogen-bond acceptors (Lipinski definition) is 6. The summed E-state index contributed by atoms with van der Waals surface area (Å²) in [5, 5.41) is 3.23. The normalized spacial score (nSPS) is 23.1. The molecule has 1 N–H and O–H groups in total. The predicted molar refractivity (Wildman–Crippen MR) is 99.2 cm³/mol. The Labute approximate surface area is 159 Å². The maximum absolute atomic E-state index is 12.9. The van der Waals surface area contributed by atoms with Crippen LogP contribution < -0.4 is 14.8 Å². The SMILES string of the molecule is COc1ccc(C(=O)N2CCN(C(=O)[C@H]3NCCO[C@@H]3C)CC2)c(OC)c1. The molecule has 3 rings (SSSR count). The van der Waals surface area contributed by atoms with Gasteiger partial charge in [-0.05, 0) is 19.1 Å². The van der Waals surface area contributed by atoms with Crippen LogP contribution in [0.4, 0.5) is 0 Å². The quantitative estimate of drug-likeness (QED) is 0.816. The van der Waals surface area contributed by atoms with Crippen LogP contribution in [-0.2, 0) is 9.53 Å². The van der Waals surface area contributed by atoms with Crippen molar-refractivity contribution >= 4 is 11.8 Å². The molecular formula is C19H27N3O5. The summed E-state index contributed by atoms with van der Waals surface area (Å²) in [6.07, 6.45) is -0.144. The molecule has 2 heterocycles. The largest absolute Gasteiger partial charge is 0.497 e. The summed E-state index contributed by atoms with van der Waals surface area (Å²) < 4.78 is 16.1. The molecule has 1 aromatic rings. The van der Waals surface area contributed by atoms with E-state index in [4.69, 9.17) is 14.2 Å². The standard InChI is InChI=1S/C19H27N3O5/c1-13-17(20-6-11-27-13)19(24)22-9-7-21(8-10-22)18(23)15-5-4-14(25-2)12-16(15)26-3/h4-5,12-13,17,20H,6-11H2,1-3H3/t13-,17+/m1/s1. The summed E-state index contributed by atoms with van der Waals surface area (Å²) in [6.45, 7) is 5.20. The molecule has 27 heavy (non-hydrogen) atoms. The summed E-state index contributed by atoms with van der Waals surface area (Å²) in [5.74, 6) is 1.05. The Kier molecular flexibility index (Phi) is 6.18. The number of nitrogens with one attached hydrogen (secondary N) is 1. The molecule has 0 spiro atoms. The van der Waals surface area contributed by atoms with Crippen molar-refractivity contribution in [2.45, 2.75) is 19.1 Å². The maximum atomic E-state index is 12.9. The summed E-state index contributed by atoms with van der Waals surface area (Å²) in [6, 6.07) is 4.83. The number of piperazine rings is 1. The van der Waals surface area contributed by atoms with Crippen molar-refractivity contribution in [3.8, 4) is 11.5 Å². The molecule has 2 fully saturated rings. The van der Waals surface area contributed by atoms with Crippen LogP contribution in [0.15, 0.2) is 18.2 Å². The van der Waals surface area contributed by atoms with Gasteiger partial charge in [-0.3, -0.25) is 9.59 Å². The number of nitrogens with zero attached hydrogens (tertiary/aromatic N) is 2. The first-order valence-electron chi connectivity index (χ1n) is 9.20. The first-order valence-corrected chi connectivity index (χ1v) is 9.20. The molecule has 2 amide bonds. The van der Waals surface area contributed by atoms with E-state index in [-0.39, 0.29) is 24.0 Å². The molecule has 2 aliphatic rings. The third-order valence-electron chi connectivity index (χ3n) is 5.10. The molecule has 2 atom stereocenters. The van der Waals surface area contributed by atoms with E-state index in [1.165, 1.54) is 7.11 Å². The van der Waals surface area contributed by atoms with Crippen molar-refractivity contribution in [2.24, 2.45) is 0 Å². The van der Waals surface area contributed by atoms with Gasteiger partial charge in [0.15, 0.2) is 0 Å². The molecule has 0 aliphatic carbocycles. The van der Waals surface area contributed by atoms with Crippen molar-refractivity contribution in [1.29, 1.82) is 0 Å². The average Bonchev–Trinajstić information content (AvgIpc) is 2.72. The van der Waals surface area contributed by atoms with Gasteiger partial charge in [0.2, 0.25) is 5.91 Å². The molecule has 0 saturated carbocycles. The minimum Gasteiger partial charge on any atom is -0.497 e. The van der Waals surface area contributed by atoms with Crippen molar-refractivity contribution in [1.82, 2.24) is 15.1 Å². The van der Waals surface area contributed by atoms with Crippen LogP contribution in [-0.4, -0.2) is 87.3 Å². The van der Waals surface area contributed by atoms with Gasteiger partial charge in [-0.15, -0.1) is 0 Å². The molecule has 0 unspecified atom stereocenters. The summed E-state index contributed by atoms with van der Waals surface area (Å²) >= 11 is 0. The highest BCUT2D eigenvalue weighted by Crippen LogP contribution is 2.26. The topological polar surface area (TPSA) is 80.3 Å². The first kappa shape index (κ1) is 19.4. The van der Waals surface area contributed by atoms with E-state index in [2.05, 4.69) is 5.32 Å². The number of rotatable bonds is 4. The van der Waals surface area contributed by atoms with Crippen molar-refractivity contribution in [2.75, 3.05) is 53.6 Å². The number of carbonyl (C=O) groups is 2. The van der Waals surface area contributed by atoms with Gasteiger partial charge in [0.25, 0.3) is 5.91 Å². The van der Waals surface area contributed by atoms with Gasteiger partial charge >= 0.3 is 0 Å². The zero-order valence-corrected chi connectivity index (χ0v) is 16.1. The number of morpholine rings is 1. The second-order valence-electron chi connectivity index (χ2n) is 6.69. The van der Waals surface area contributed by atoms with Gasteiger partial charge in [0.05, 0.1) is 32.5 Å². The number of ether oxygens (including phenoxy) is 3. The zero-order chi connectivity index (χ0) is 19.4. The fourth-order valence-electron chi connectivity index (χ4n) is 3.48. The average molecular weight is 377 g/mol. The van der Waals surface area contributed by atoms with E-state index in [1.807, 2.05) is 6.92 Å². The summed E-state index contributed by atoms with van der Waals surface area (Å²) in [5.41, 5.74) is 0.494. The Morgan fingerprint density at radius 3 is 2.44 bits per heavy atom. The van der Waals surface area contributed by atoms with Crippen LogP contribution in [0.1, 0.15) is 17.3 Å². The van der Waals surface area contributed by atoms with E-state index >= 15 is 0 Å². The highest BCUT2D eigenvalue weighted by atomic mass is 16.5. The molecule has 2 aliphatic heterocycles. The second-order valence-corrected chi connectivity index (χ2v) is 6.69. The van der Waals surface area contributed by atoms with Gasteiger partial charge in [-0.2, -0.15) is 0 Å². The maximum Gasteiger partial charge on any atom is 0.257 e. The van der Waals surface area contributed by atoms with E-state index in [0.717, 1.165) is 0 Å². The molecule has 2 saturated heterocycles. The van der Waals surface area contributed by atoms with Gasteiger partial charge in [-0.25, -0.2) is 0 Å². The number of carbonyl (C=O) groups excluding carboxylic acids is 2. The van der Waals surface area contributed by atoms with Crippen molar-refractivity contribution in [3.05, 3.63) is 23.8 Å². The van der Waals surface area contributed by atoms with E-state index in [1.54, 1.807) is 35.1 Å². The molecule has 8 heteroatoms. The summed E-state index contributed by atoms with van der Waals surface area (Å²) in [4.78, 5) is 29.2. The van der Waals surface area contributed by atoms with E-state index in [9.17, 15) is 9.59 Å². The molecule has 0 radical (unpaired) electrons.